The Bertz CT molecular complexity index is 756. The van der Waals surface area contributed by atoms with Gasteiger partial charge in [0, 0.05) is 10.9 Å². The predicted octanol–water partition coefficient (Wildman–Crippen LogP) is 3.13. The van der Waals surface area contributed by atoms with Gasteiger partial charge in [0.05, 0.1) is 38.1 Å². The van der Waals surface area contributed by atoms with Crippen LogP contribution in [0.1, 0.15) is 36.5 Å². The molecule has 3 rings (SSSR count). The molecule has 1 aliphatic rings. The van der Waals surface area contributed by atoms with Crippen LogP contribution >= 0.6 is 11.3 Å². The average Bonchev–Trinajstić information content (AvgIpc) is 3.10. The van der Waals surface area contributed by atoms with Crippen LogP contribution in [0.2, 0.25) is 0 Å². The van der Waals surface area contributed by atoms with Gasteiger partial charge in [-0.2, -0.15) is 5.10 Å². The van der Waals surface area contributed by atoms with E-state index < -0.39 is 0 Å². The number of hydrazone groups is 1. The summed E-state index contributed by atoms with van der Waals surface area (Å²) < 4.78 is 16.1. The molecule has 8 heteroatoms. The first-order chi connectivity index (χ1) is 12.7. The number of anilines is 1. The Labute approximate surface area is 156 Å². The van der Waals surface area contributed by atoms with Crippen LogP contribution < -0.4 is 5.43 Å². The lowest BCUT2D eigenvalue weighted by Gasteiger charge is -2.23. The van der Waals surface area contributed by atoms with Crippen LogP contribution in [0.3, 0.4) is 0 Å². The van der Waals surface area contributed by atoms with E-state index in [4.69, 9.17) is 14.2 Å². The van der Waals surface area contributed by atoms with E-state index in [1.165, 1.54) is 11.3 Å². The Kier molecular flexibility index (Phi) is 6.70. The molecule has 26 heavy (non-hydrogen) atoms. The van der Waals surface area contributed by atoms with Gasteiger partial charge < -0.3 is 14.2 Å². The van der Waals surface area contributed by atoms with Gasteiger partial charge in [-0.15, -0.1) is 11.3 Å². The number of aromatic nitrogens is 1. The van der Waals surface area contributed by atoms with Gasteiger partial charge in [-0.25, -0.2) is 4.98 Å². The zero-order chi connectivity index (χ0) is 18.2. The maximum absolute atomic E-state index is 11.5. The van der Waals surface area contributed by atoms with Crippen molar-refractivity contribution in [3.05, 3.63) is 46.5 Å². The molecule has 0 spiro atoms. The molecule has 1 aromatic carbocycles. The van der Waals surface area contributed by atoms with Crippen LogP contribution in [0.4, 0.5) is 5.13 Å². The van der Waals surface area contributed by atoms with Crippen LogP contribution in [0.5, 0.6) is 0 Å². The van der Waals surface area contributed by atoms with Gasteiger partial charge in [0.25, 0.3) is 0 Å². The van der Waals surface area contributed by atoms with Crippen molar-refractivity contribution in [2.75, 3.05) is 25.2 Å². The van der Waals surface area contributed by atoms with Gasteiger partial charge in [-0.05, 0) is 25.0 Å². The Balaban J connectivity index is 1.55. The smallest absolute Gasteiger partial charge is 0.311 e. The van der Waals surface area contributed by atoms with Crippen molar-refractivity contribution in [2.24, 2.45) is 5.10 Å². The minimum atomic E-state index is -0.311. The molecule has 0 bridgehead atoms. The number of nitrogens with zero attached hydrogens (tertiary/aromatic N) is 2. The summed E-state index contributed by atoms with van der Waals surface area (Å²) in [6.07, 6.45) is 2.49. The molecule has 0 amide bonds. The van der Waals surface area contributed by atoms with Crippen LogP contribution in [0.25, 0.3) is 0 Å². The second-order valence-electron chi connectivity index (χ2n) is 5.59. The third kappa shape index (κ3) is 5.35. The molecule has 0 aliphatic carbocycles. The second-order valence-corrected chi connectivity index (χ2v) is 6.45. The highest BCUT2D eigenvalue weighted by Crippen LogP contribution is 2.23. The number of carbonyl (C=O) groups excluding carboxylic acids is 1. The van der Waals surface area contributed by atoms with Gasteiger partial charge in [-0.1, -0.05) is 18.2 Å². The highest BCUT2D eigenvalue weighted by atomic mass is 32.1. The largest absolute Gasteiger partial charge is 0.466 e. The third-order valence-electron chi connectivity index (χ3n) is 3.57. The van der Waals surface area contributed by atoms with Crippen molar-refractivity contribution in [1.29, 1.82) is 0 Å². The Morgan fingerprint density at radius 2 is 2.31 bits per heavy atom. The van der Waals surface area contributed by atoms with E-state index in [1.54, 1.807) is 13.1 Å². The molecular weight excluding hydrogens is 354 g/mol. The summed E-state index contributed by atoms with van der Waals surface area (Å²) in [4.78, 5) is 15.8. The van der Waals surface area contributed by atoms with Crippen molar-refractivity contribution in [2.45, 2.75) is 26.1 Å². The summed E-state index contributed by atoms with van der Waals surface area (Å²) in [6, 6.07) is 7.85. The van der Waals surface area contributed by atoms with Gasteiger partial charge >= 0.3 is 5.97 Å². The fourth-order valence-corrected chi connectivity index (χ4v) is 3.09. The number of benzene rings is 1. The zero-order valence-corrected chi connectivity index (χ0v) is 15.3. The van der Waals surface area contributed by atoms with E-state index in [2.05, 4.69) is 15.5 Å². The number of hydrogen-bond acceptors (Lipinski definition) is 8. The Morgan fingerprint density at radius 3 is 3.12 bits per heavy atom. The number of hydrogen-bond donors (Lipinski definition) is 1. The molecule has 138 valence electrons. The Hall–Kier alpha value is -2.29. The predicted molar refractivity (Wildman–Crippen MR) is 99.4 cm³/mol. The number of ether oxygens (including phenoxy) is 3. The number of esters is 1. The maximum atomic E-state index is 11.5. The molecule has 0 unspecified atom stereocenters. The molecule has 1 saturated heterocycles. The third-order valence-corrected chi connectivity index (χ3v) is 4.36. The molecular formula is C18H21N3O4S. The summed E-state index contributed by atoms with van der Waals surface area (Å²) in [7, 11) is 0. The van der Waals surface area contributed by atoms with Crippen molar-refractivity contribution >= 4 is 28.7 Å². The van der Waals surface area contributed by atoms with Gasteiger partial charge in [-0.3, -0.25) is 10.2 Å². The molecule has 7 nitrogen and oxygen atoms in total. The van der Waals surface area contributed by atoms with Crippen molar-refractivity contribution in [3.63, 3.8) is 0 Å². The Morgan fingerprint density at radius 1 is 1.46 bits per heavy atom. The molecule has 2 heterocycles. The molecule has 2 aromatic rings. The van der Waals surface area contributed by atoms with Crippen LogP contribution in [-0.2, 0) is 25.4 Å². The highest BCUT2D eigenvalue weighted by molar-refractivity contribution is 7.13. The molecule has 1 N–H and O–H groups in total. The van der Waals surface area contributed by atoms with E-state index in [1.807, 2.05) is 29.6 Å². The number of thiazole rings is 1. The number of carbonyl (C=O) groups is 1. The summed E-state index contributed by atoms with van der Waals surface area (Å²) in [6.45, 7) is 3.57. The lowest BCUT2D eigenvalue weighted by atomic mass is 10.1. The fraction of sp³-hybridized carbons (Fsp3) is 0.389. The first-order valence-electron chi connectivity index (χ1n) is 8.47. The molecule has 0 saturated carbocycles. The maximum Gasteiger partial charge on any atom is 0.311 e. The quantitative estimate of drug-likeness (QED) is 0.455. The average molecular weight is 375 g/mol. The number of rotatable bonds is 7. The van der Waals surface area contributed by atoms with E-state index in [-0.39, 0.29) is 18.7 Å². The minimum Gasteiger partial charge on any atom is -0.466 e. The molecule has 1 aromatic heterocycles. The topological polar surface area (TPSA) is 82.0 Å². The molecule has 1 fully saturated rings. The van der Waals surface area contributed by atoms with Crippen LogP contribution in [0.15, 0.2) is 34.7 Å². The van der Waals surface area contributed by atoms with Crippen molar-refractivity contribution < 1.29 is 19.0 Å². The van der Waals surface area contributed by atoms with Crippen molar-refractivity contribution in [1.82, 2.24) is 4.98 Å². The summed E-state index contributed by atoms with van der Waals surface area (Å²) in [5.74, 6) is -0.281. The number of nitrogens with one attached hydrogen (secondary N) is 1. The summed E-state index contributed by atoms with van der Waals surface area (Å²) in [5, 5.41) is 6.64. The SMILES string of the molecule is CCOC(=O)Cc1csc(NN=Cc2cccc(C3OCCCO3)c2)n1. The van der Waals surface area contributed by atoms with E-state index >= 15 is 0 Å². The van der Waals surface area contributed by atoms with Gasteiger partial charge in [0.2, 0.25) is 5.13 Å². The fourth-order valence-electron chi connectivity index (χ4n) is 2.43. The molecule has 0 radical (unpaired) electrons. The molecule has 1 aliphatic heterocycles. The van der Waals surface area contributed by atoms with Gasteiger partial charge in [0.15, 0.2) is 6.29 Å². The van der Waals surface area contributed by atoms with E-state index in [9.17, 15) is 4.79 Å². The highest BCUT2D eigenvalue weighted by Gasteiger charge is 2.16. The zero-order valence-electron chi connectivity index (χ0n) is 14.5. The standard InChI is InChI=1S/C18H21N3O4S/c1-2-23-16(22)10-15-12-26-18(20-15)21-19-11-13-5-3-6-14(9-13)17-24-7-4-8-25-17/h3,5-6,9,11-12,17H,2,4,7-8,10H2,1H3,(H,20,21). The lowest BCUT2D eigenvalue weighted by Crippen LogP contribution is -2.17. The van der Waals surface area contributed by atoms with Crippen LogP contribution in [0, 0.1) is 0 Å². The minimum absolute atomic E-state index is 0.166. The van der Waals surface area contributed by atoms with E-state index in [0.29, 0.717) is 30.6 Å². The first kappa shape index (κ1) is 18.5. The lowest BCUT2D eigenvalue weighted by molar-refractivity contribution is -0.183. The van der Waals surface area contributed by atoms with Crippen molar-refractivity contribution in [3.8, 4) is 0 Å². The van der Waals surface area contributed by atoms with Crippen LogP contribution in [-0.4, -0.2) is 37.0 Å². The monoisotopic (exact) mass is 375 g/mol. The first-order valence-corrected chi connectivity index (χ1v) is 9.35. The van der Waals surface area contributed by atoms with E-state index in [0.717, 1.165) is 17.5 Å². The molecule has 0 atom stereocenters. The second kappa shape index (κ2) is 9.42. The normalized spacial score (nSPS) is 15.3. The summed E-state index contributed by atoms with van der Waals surface area (Å²) in [5.41, 5.74) is 5.45. The summed E-state index contributed by atoms with van der Waals surface area (Å²) >= 11 is 1.39. The van der Waals surface area contributed by atoms with Gasteiger partial charge in [0.1, 0.15) is 0 Å².